The zero-order valence-corrected chi connectivity index (χ0v) is 9.93. The number of rotatable bonds is 7. The summed E-state index contributed by atoms with van der Waals surface area (Å²) in [5, 5.41) is 13.7. The molecule has 1 aromatic heterocycles. The van der Waals surface area contributed by atoms with Crippen molar-refractivity contribution in [1.29, 1.82) is 0 Å². The quantitative estimate of drug-likeness (QED) is 0.593. The first-order chi connectivity index (χ1) is 7.20. The van der Waals surface area contributed by atoms with Crippen LogP contribution in [0.3, 0.4) is 0 Å². The Bertz CT molecular complexity index is 267. The zero-order chi connectivity index (χ0) is 11.1. The lowest BCUT2D eigenvalue weighted by Crippen LogP contribution is -2.26. The molecule has 0 radical (unpaired) electrons. The Morgan fingerprint density at radius 3 is 2.80 bits per heavy atom. The zero-order valence-electron chi connectivity index (χ0n) is 9.93. The summed E-state index contributed by atoms with van der Waals surface area (Å²) in [6.45, 7) is 9.41. The SMILES string of the molecule is Cc1[nH]ncc1CNCCCNC(C)C. The first-order valence-corrected chi connectivity index (χ1v) is 5.63. The molecule has 0 saturated heterocycles. The molecule has 1 rings (SSSR count). The molecule has 0 unspecified atom stereocenters. The smallest absolute Gasteiger partial charge is 0.0535 e. The molecule has 0 atom stereocenters. The molecule has 0 spiro atoms. The monoisotopic (exact) mass is 210 g/mol. The number of hydrogen-bond acceptors (Lipinski definition) is 3. The van der Waals surface area contributed by atoms with Crippen molar-refractivity contribution in [2.24, 2.45) is 0 Å². The molecule has 15 heavy (non-hydrogen) atoms. The molecule has 0 aliphatic rings. The normalized spacial score (nSPS) is 11.2. The number of nitrogens with one attached hydrogen (secondary N) is 3. The fourth-order valence-electron chi connectivity index (χ4n) is 1.38. The summed E-state index contributed by atoms with van der Waals surface area (Å²) >= 11 is 0. The van der Waals surface area contributed by atoms with Gasteiger partial charge in [0, 0.05) is 23.8 Å². The van der Waals surface area contributed by atoms with Gasteiger partial charge in [-0.2, -0.15) is 5.10 Å². The maximum absolute atomic E-state index is 3.98. The minimum atomic E-state index is 0.584. The van der Waals surface area contributed by atoms with E-state index in [0.717, 1.165) is 31.7 Å². The van der Waals surface area contributed by atoms with Gasteiger partial charge in [0.05, 0.1) is 6.20 Å². The molecular weight excluding hydrogens is 188 g/mol. The van der Waals surface area contributed by atoms with Crippen molar-refractivity contribution in [3.63, 3.8) is 0 Å². The van der Waals surface area contributed by atoms with Crippen LogP contribution >= 0.6 is 0 Å². The van der Waals surface area contributed by atoms with E-state index >= 15 is 0 Å². The van der Waals surface area contributed by atoms with Gasteiger partial charge in [0.25, 0.3) is 0 Å². The van der Waals surface area contributed by atoms with E-state index in [9.17, 15) is 0 Å². The predicted molar refractivity (Wildman–Crippen MR) is 62.8 cm³/mol. The molecule has 4 heteroatoms. The highest BCUT2D eigenvalue weighted by Gasteiger charge is 1.98. The van der Waals surface area contributed by atoms with E-state index in [1.165, 1.54) is 5.56 Å². The lowest BCUT2D eigenvalue weighted by atomic mass is 10.2. The van der Waals surface area contributed by atoms with Gasteiger partial charge in [-0.1, -0.05) is 13.8 Å². The highest BCUT2D eigenvalue weighted by molar-refractivity contribution is 5.13. The summed E-state index contributed by atoms with van der Waals surface area (Å²) in [6, 6.07) is 0.584. The van der Waals surface area contributed by atoms with Crippen molar-refractivity contribution in [1.82, 2.24) is 20.8 Å². The molecule has 0 aliphatic heterocycles. The minimum Gasteiger partial charge on any atom is -0.314 e. The van der Waals surface area contributed by atoms with Gasteiger partial charge in [-0.15, -0.1) is 0 Å². The molecule has 1 aromatic rings. The van der Waals surface area contributed by atoms with Crippen molar-refractivity contribution >= 4 is 0 Å². The van der Waals surface area contributed by atoms with E-state index in [0.29, 0.717) is 6.04 Å². The molecule has 4 nitrogen and oxygen atoms in total. The van der Waals surface area contributed by atoms with Gasteiger partial charge in [0.2, 0.25) is 0 Å². The van der Waals surface area contributed by atoms with Crippen molar-refractivity contribution < 1.29 is 0 Å². The summed E-state index contributed by atoms with van der Waals surface area (Å²) in [5.41, 5.74) is 2.41. The molecule has 0 aliphatic carbocycles. The van der Waals surface area contributed by atoms with Crippen molar-refractivity contribution in [2.45, 2.75) is 39.8 Å². The Kier molecular flexibility index (Phi) is 5.36. The molecule has 0 fully saturated rings. The van der Waals surface area contributed by atoms with Gasteiger partial charge in [-0.3, -0.25) is 5.10 Å². The molecule has 0 amide bonds. The highest BCUT2D eigenvalue weighted by Crippen LogP contribution is 2.00. The average Bonchev–Trinajstić information content (AvgIpc) is 2.57. The van der Waals surface area contributed by atoms with Gasteiger partial charge in [0.1, 0.15) is 0 Å². The second kappa shape index (κ2) is 6.58. The molecule has 0 aromatic carbocycles. The van der Waals surface area contributed by atoms with Crippen molar-refractivity contribution in [3.8, 4) is 0 Å². The Hall–Kier alpha value is -0.870. The van der Waals surface area contributed by atoms with Gasteiger partial charge >= 0.3 is 0 Å². The van der Waals surface area contributed by atoms with Gasteiger partial charge < -0.3 is 10.6 Å². The Balaban J connectivity index is 2.00. The molecule has 3 N–H and O–H groups in total. The molecule has 86 valence electrons. The van der Waals surface area contributed by atoms with E-state index in [2.05, 4.69) is 34.7 Å². The third kappa shape index (κ3) is 4.95. The fraction of sp³-hybridized carbons (Fsp3) is 0.727. The van der Waals surface area contributed by atoms with Crippen LogP contribution < -0.4 is 10.6 Å². The molecule has 0 saturated carbocycles. The lowest BCUT2D eigenvalue weighted by molar-refractivity contribution is 0.547. The Morgan fingerprint density at radius 1 is 1.40 bits per heavy atom. The predicted octanol–water partition coefficient (Wildman–Crippen LogP) is 1.20. The second-order valence-electron chi connectivity index (χ2n) is 4.16. The summed E-state index contributed by atoms with van der Waals surface area (Å²) in [5.74, 6) is 0. The summed E-state index contributed by atoms with van der Waals surface area (Å²) in [6.07, 6.45) is 3.05. The number of nitrogens with zero attached hydrogens (tertiary/aromatic N) is 1. The average molecular weight is 210 g/mol. The van der Waals surface area contributed by atoms with Crippen LogP contribution in [0.1, 0.15) is 31.5 Å². The van der Waals surface area contributed by atoms with Gasteiger partial charge in [-0.05, 0) is 26.4 Å². The summed E-state index contributed by atoms with van der Waals surface area (Å²) in [7, 11) is 0. The minimum absolute atomic E-state index is 0.584. The number of aromatic amines is 1. The largest absolute Gasteiger partial charge is 0.314 e. The van der Waals surface area contributed by atoms with Crippen molar-refractivity contribution in [3.05, 3.63) is 17.5 Å². The fourth-order valence-corrected chi connectivity index (χ4v) is 1.38. The number of hydrogen-bond donors (Lipinski definition) is 3. The van der Waals surface area contributed by atoms with E-state index in [1.807, 2.05) is 13.1 Å². The Morgan fingerprint density at radius 2 is 2.20 bits per heavy atom. The lowest BCUT2D eigenvalue weighted by Gasteiger charge is -2.08. The maximum atomic E-state index is 3.98. The van der Waals surface area contributed by atoms with E-state index in [-0.39, 0.29) is 0 Å². The maximum Gasteiger partial charge on any atom is 0.0535 e. The van der Waals surface area contributed by atoms with Crippen LogP contribution in [-0.4, -0.2) is 29.3 Å². The molecular formula is C11H22N4. The number of aromatic nitrogens is 2. The third-order valence-electron chi connectivity index (χ3n) is 2.33. The topological polar surface area (TPSA) is 52.7 Å². The second-order valence-corrected chi connectivity index (χ2v) is 4.16. The van der Waals surface area contributed by atoms with Crippen LogP contribution in [0.25, 0.3) is 0 Å². The summed E-state index contributed by atoms with van der Waals surface area (Å²) in [4.78, 5) is 0. The van der Waals surface area contributed by atoms with E-state index in [1.54, 1.807) is 0 Å². The van der Waals surface area contributed by atoms with Crippen molar-refractivity contribution in [2.75, 3.05) is 13.1 Å². The summed E-state index contributed by atoms with van der Waals surface area (Å²) < 4.78 is 0. The van der Waals surface area contributed by atoms with Crippen LogP contribution in [0.2, 0.25) is 0 Å². The number of H-pyrrole nitrogens is 1. The van der Waals surface area contributed by atoms with E-state index < -0.39 is 0 Å². The van der Waals surface area contributed by atoms with Crippen LogP contribution in [0.5, 0.6) is 0 Å². The van der Waals surface area contributed by atoms with Crippen LogP contribution in [0.15, 0.2) is 6.20 Å². The Labute approximate surface area is 91.8 Å². The van der Waals surface area contributed by atoms with Crippen LogP contribution in [-0.2, 0) is 6.54 Å². The standard InChI is InChI=1S/C11H22N4/c1-9(2)13-6-4-5-12-7-11-8-14-15-10(11)3/h8-9,12-13H,4-7H2,1-3H3,(H,14,15). The first-order valence-electron chi connectivity index (χ1n) is 5.63. The third-order valence-corrected chi connectivity index (χ3v) is 2.33. The highest BCUT2D eigenvalue weighted by atomic mass is 15.1. The number of aryl methyl sites for hydroxylation is 1. The van der Waals surface area contributed by atoms with Crippen LogP contribution in [0.4, 0.5) is 0 Å². The first kappa shape index (κ1) is 12.2. The molecule has 1 heterocycles. The molecule has 0 bridgehead atoms. The van der Waals surface area contributed by atoms with Crippen LogP contribution in [0, 0.1) is 6.92 Å². The van der Waals surface area contributed by atoms with Gasteiger partial charge in [0.15, 0.2) is 0 Å². The van der Waals surface area contributed by atoms with E-state index in [4.69, 9.17) is 0 Å². The van der Waals surface area contributed by atoms with Gasteiger partial charge in [-0.25, -0.2) is 0 Å².